The Bertz CT molecular complexity index is 870. The Morgan fingerprint density at radius 1 is 1.03 bits per heavy atom. The summed E-state index contributed by atoms with van der Waals surface area (Å²) in [6.07, 6.45) is 0.659. The molecule has 2 rings (SSSR count). The molecule has 0 aliphatic carbocycles. The lowest BCUT2D eigenvalue weighted by molar-refractivity contribution is -0.385. The number of nitro groups is 1. The largest absolute Gasteiger partial charge is 0.493 e. The summed E-state index contributed by atoms with van der Waals surface area (Å²) >= 11 is 0. The van der Waals surface area contributed by atoms with Crippen LogP contribution in [-0.4, -0.2) is 38.8 Å². The first-order chi connectivity index (χ1) is 13.9. The standard InChI is InChI=1S/C20H24N2O7/c1-5-15(13-6-9-17(26-2)19(10-13)28-4)21-20(23)12-29-14-7-8-16(22(24)25)18(11-14)27-3/h6-11,15H,5,12H2,1-4H3,(H,21,23). The van der Waals surface area contributed by atoms with Gasteiger partial charge in [-0.25, -0.2) is 0 Å². The first-order valence-corrected chi connectivity index (χ1v) is 8.90. The van der Waals surface area contributed by atoms with E-state index in [0.717, 1.165) is 5.56 Å². The molecule has 0 bridgehead atoms. The summed E-state index contributed by atoms with van der Waals surface area (Å²) in [6, 6.07) is 9.27. The molecule has 9 heteroatoms. The number of nitro benzene ring substituents is 1. The molecule has 0 heterocycles. The van der Waals surface area contributed by atoms with E-state index >= 15 is 0 Å². The number of rotatable bonds is 10. The third kappa shape index (κ3) is 5.50. The van der Waals surface area contributed by atoms with Crippen molar-refractivity contribution in [3.8, 4) is 23.0 Å². The Balaban J connectivity index is 2.03. The third-order valence-electron chi connectivity index (χ3n) is 4.27. The number of amides is 1. The minimum atomic E-state index is -0.551. The van der Waals surface area contributed by atoms with Crippen LogP contribution in [0, 0.1) is 10.1 Å². The van der Waals surface area contributed by atoms with Crippen LogP contribution in [-0.2, 0) is 4.79 Å². The molecule has 0 fully saturated rings. The molecule has 2 aromatic rings. The monoisotopic (exact) mass is 404 g/mol. The number of ether oxygens (including phenoxy) is 4. The molecule has 0 saturated heterocycles. The molecule has 1 atom stereocenters. The van der Waals surface area contributed by atoms with Gasteiger partial charge in [-0.1, -0.05) is 13.0 Å². The van der Waals surface area contributed by atoms with Gasteiger partial charge in [0.1, 0.15) is 5.75 Å². The van der Waals surface area contributed by atoms with Crippen molar-refractivity contribution in [3.05, 3.63) is 52.1 Å². The van der Waals surface area contributed by atoms with Crippen molar-refractivity contribution in [1.82, 2.24) is 5.32 Å². The zero-order chi connectivity index (χ0) is 21.4. The van der Waals surface area contributed by atoms with Gasteiger partial charge in [0.05, 0.1) is 32.3 Å². The summed E-state index contributed by atoms with van der Waals surface area (Å²) < 4.78 is 21.0. The van der Waals surface area contributed by atoms with E-state index in [4.69, 9.17) is 18.9 Å². The second-order valence-corrected chi connectivity index (χ2v) is 6.02. The van der Waals surface area contributed by atoms with Crippen LogP contribution in [0.15, 0.2) is 36.4 Å². The van der Waals surface area contributed by atoms with Gasteiger partial charge in [0.15, 0.2) is 18.1 Å². The Labute approximate surface area is 168 Å². The minimum absolute atomic E-state index is 0.0599. The van der Waals surface area contributed by atoms with E-state index in [1.165, 1.54) is 25.3 Å². The molecule has 1 amide bonds. The molecule has 1 N–H and O–H groups in total. The molecule has 0 aromatic heterocycles. The summed E-state index contributed by atoms with van der Waals surface area (Å²) in [5, 5.41) is 13.8. The maximum atomic E-state index is 12.3. The summed E-state index contributed by atoms with van der Waals surface area (Å²) in [4.78, 5) is 22.7. The van der Waals surface area contributed by atoms with Crippen LogP contribution in [0.25, 0.3) is 0 Å². The first-order valence-electron chi connectivity index (χ1n) is 8.90. The molecule has 0 radical (unpaired) electrons. The van der Waals surface area contributed by atoms with Gasteiger partial charge >= 0.3 is 5.69 Å². The molecule has 156 valence electrons. The maximum absolute atomic E-state index is 12.3. The molecule has 0 aliphatic rings. The summed E-state index contributed by atoms with van der Waals surface area (Å²) in [7, 11) is 4.43. The van der Waals surface area contributed by atoms with Crippen molar-refractivity contribution in [1.29, 1.82) is 0 Å². The Hall–Kier alpha value is -3.49. The predicted octanol–water partition coefficient (Wildman–Crippen LogP) is 3.27. The molecule has 9 nitrogen and oxygen atoms in total. The van der Waals surface area contributed by atoms with E-state index < -0.39 is 4.92 Å². The van der Waals surface area contributed by atoms with Gasteiger partial charge < -0.3 is 24.3 Å². The average molecular weight is 404 g/mol. The van der Waals surface area contributed by atoms with E-state index in [1.807, 2.05) is 19.1 Å². The Kier molecular flexibility index (Phi) is 7.64. The van der Waals surface area contributed by atoms with Crippen molar-refractivity contribution in [2.75, 3.05) is 27.9 Å². The van der Waals surface area contributed by atoms with Gasteiger partial charge in [0, 0.05) is 12.1 Å². The van der Waals surface area contributed by atoms with Gasteiger partial charge in [-0.05, 0) is 30.2 Å². The molecule has 29 heavy (non-hydrogen) atoms. The number of nitrogens with zero attached hydrogens (tertiary/aromatic N) is 1. The molecular weight excluding hydrogens is 380 g/mol. The van der Waals surface area contributed by atoms with Crippen LogP contribution in [0.2, 0.25) is 0 Å². The molecular formula is C20H24N2O7. The van der Waals surface area contributed by atoms with Crippen LogP contribution >= 0.6 is 0 Å². The highest BCUT2D eigenvalue weighted by atomic mass is 16.6. The first kappa shape index (κ1) is 21.8. The van der Waals surface area contributed by atoms with Crippen molar-refractivity contribution in [2.24, 2.45) is 0 Å². The average Bonchev–Trinajstić information content (AvgIpc) is 2.75. The summed E-state index contributed by atoms with van der Waals surface area (Å²) in [5.74, 6) is 1.20. The SMILES string of the molecule is CCC(NC(=O)COc1ccc([N+](=O)[O-])c(OC)c1)c1ccc(OC)c(OC)c1. The minimum Gasteiger partial charge on any atom is -0.493 e. The van der Waals surface area contributed by atoms with Crippen molar-refractivity contribution >= 4 is 11.6 Å². The normalized spacial score (nSPS) is 11.3. The zero-order valence-electron chi connectivity index (χ0n) is 16.8. The van der Waals surface area contributed by atoms with Crippen LogP contribution in [0.4, 0.5) is 5.69 Å². The lowest BCUT2D eigenvalue weighted by Gasteiger charge is -2.19. The quantitative estimate of drug-likeness (QED) is 0.478. The number of carbonyl (C=O) groups excluding carboxylic acids is 1. The van der Waals surface area contributed by atoms with E-state index in [0.29, 0.717) is 23.7 Å². The number of methoxy groups -OCH3 is 3. The van der Waals surface area contributed by atoms with Crippen LogP contribution < -0.4 is 24.3 Å². The van der Waals surface area contributed by atoms with Crippen LogP contribution in [0.1, 0.15) is 24.9 Å². The fourth-order valence-electron chi connectivity index (χ4n) is 2.77. The van der Waals surface area contributed by atoms with E-state index in [-0.39, 0.29) is 30.0 Å². The van der Waals surface area contributed by atoms with Gasteiger partial charge in [0.25, 0.3) is 5.91 Å². The summed E-state index contributed by atoms with van der Waals surface area (Å²) in [5.41, 5.74) is 0.694. The van der Waals surface area contributed by atoms with E-state index in [1.54, 1.807) is 20.3 Å². The number of benzene rings is 2. The number of hydrogen-bond donors (Lipinski definition) is 1. The van der Waals surface area contributed by atoms with Gasteiger partial charge in [-0.2, -0.15) is 0 Å². The number of carbonyl (C=O) groups is 1. The smallest absolute Gasteiger partial charge is 0.311 e. The molecule has 1 unspecified atom stereocenters. The highest BCUT2D eigenvalue weighted by Gasteiger charge is 2.18. The number of nitrogens with one attached hydrogen (secondary N) is 1. The van der Waals surface area contributed by atoms with Crippen molar-refractivity contribution < 1.29 is 28.7 Å². The van der Waals surface area contributed by atoms with E-state index in [9.17, 15) is 14.9 Å². The van der Waals surface area contributed by atoms with E-state index in [2.05, 4.69) is 5.32 Å². The Morgan fingerprint density at radius 2 is 1.72 bits per heavy atom. The fraction of sp³-hybridized carbons (Fsp3) is 0.350. The van der Waals surface area contributed by atoms with Crippen LogP contribution in [0.5, 0.6) is 23.0 Å². The van der Waals surface area contributed by atoms with Gasteiger partial charge in [-0.15, -0.1) is 0 Å². The topological polar surface area (TPSA) is 109 Å². The van der Waals surface area contributed by atoms with Gasteiger partial charge in [-0.3, -0.25) is 14.9 Å². The summed E-state index contributed by atoms with van der Waals surface area (Å²) in [6.45, 7) is 1.70. The van der Waals surface area contributed by atoms with Crippen LogP contribution in [0.3, 0.4) is 0 Å². The van der Waals surface area contributed by atoms with Crippen molar-refractivity contribution in [2.45, 2.75) is 19.4 Å². The highest BCUT2D eigenvalue weighted by molar-refractivity contribution is 5.78. The van der Waals surface area contributed by atoms with Crippen molar-refractivity contribution in [3.63, 3.8) is 0 Å². The lowest BCUT2D eigenvalue weighted by atomic mass is 10.0. The maximum Gasteiger partial charge on any atom is 0.311 e. The second-order valence-electron chi connectivity index (χ2n) is 6.02. The lowest BCUT2D eigenvalue weighted by Crippen LogP contribution is -2.32. The third-order valence-corrected chi connectivity index (χ3v) is 4.27. The number of hydrogen-bond acceptors (Lipinski definition) is 7. The fourth-order valence-corrected chi connectivity index (χ4v) is 2.77. The molecule has 2 aromatic carbocycles. The second kappa shape index (κ2) is 10.2. The predicted molar refractivity (Wildman–Crippen MR) is 106 cm³/mol. The molecule has 0 aliphatic heterocycles. The molecule has 0 saturated carbocycles. The Morgan fingerprint density at radius 3 is 2.31 bits per heavy atom. The van der Waals surface area contributed by atoms with Gasteiger partial charge in [0.2, 0.25) is 5.75 Å². The zero-order valence-corrected chi connectivity index (χ0v) is 16.8. The highest BCUT2D eigenvalue weighted by Crippen LogP contribution is 2.32. The molecule has 0 spiro atoms.